The molecule has 0 radical (unpaired) electrons. The van der Waals surface area contributed by atoms with Gasteiger partial charge in [-0.05, 0) is 12.1 Å². The average molecular weight is 239 g/mol. The number of rotatable bonds is 5. The number of aliphatic carboxylic acids is 1. The molecule has 1 unspecified atom stereocenters. The fraction of sp³-hybridized carbons (Fsp3) is 0.300. The van der Waals surface area contributed by atoms with E-state index in [9.17, 15) is 9.59 Å². The van der Waals surface area contributed by atoms with Crippen molar-refractivity contribution in [3.63, 3.8) is 0 Å². The predicted molar refractivity (Wildman–Crippen MR) is 58.1 cm³/mol. The van der Waals surface area contributed by atoms with Gasteiger partial charge < -0.3 is 20.8 Å². The second kappa shape index (κ2) is 6.44. The van der Waals surface area contributed by atoms with Gasteiger partial charge in [0.25, 0.3) is 0 Å². The summed E-state index contributed by atoms with van der Waals surface area (Å²) in [6.45, 7) is -0.112. The summed E-state index contributed by atoms with van der Waals surface area (Å²) in [7, 11) is 0. The van der Waals surface area contributed by atoms with E-state index < -0.39 is 18.1 Å². The molecule has 0 aliphatic rings. The van der Waals surface area contributed by atoms with Crippen molar-refractivity contribution in [2.45, 2.75) is 12.6 Å². The number of carbonyl (C=O) groups excluding carboxylic acids is 1. The molecule has 0 bridgehead atoms. The SMILES string of the molecule is O=C(NCc1ccccn1)NCC(O)C(=O)O. The van der Waals surface area contributed by atoms with E-state index in [4.69, 9.17) is 10.2 Å². The van der Waals surface area contributed by atoms with Crippen molar-refractivity contribution >= 4 is 12.0 Å². The molecule has 1 rings (SSSR count). The van der Waals surface area contributed by atoms with Crippen molar-refractivity contribution in [3.05, 3.63) is 30.1 Å². The zero-order chi connectivity index (χ0) is 12.7. The van der Waals surface area contributed by atoms with Gasteiger partial charge in [0, 0.05) is 6.20 Å². The standard InChI is InChI=1S/C10H13N3O4/c14-8(9(15)16)6-13-10(17)12-5-7-3-1-2-4-11-7/h1-4,8,14H,5-6H2,(H,15,16)(H2,12,13,17). The highest BCUT2D eigenvalue weighted by atomic mass is 16.4. The van der Waals surface area contributed by atoms with Crippen LogP contribution in [0.5, 0.6) is 0 Å². The van der Waals surface area contributed by atoms with E-state index in [1.54, 1.807) is 24.4 Å². The Labute approximate surface area is 97.5 Å². The lowest BCUT2D eigenvalue weighted by Gasteiger charge is -2.08. The quantitative estimate of drug-likeness (QED) is 0.544. The lowest BCUT2D eigenvalue weighted by molar-refractivity contribution is -0.146. The molecular weight excluding hydrogens is 226 g/mol. The van der Waals surface area contributed by atoms with Gasteiger partial charge in [-0.3, -0.25) is 4.98 Å². The summed E-state index contributed by atoms with van der Waals surface area (Å²) in [5, 5.41) is 22.0. The minimum atomic E-state index is -1.60. The molecule has 0 aromatic carbocycles. The molecule has 7 nitrogen and oxygen atoms in total. The Balaban J connectivity index is 2.24. The normalized spacial score (nSPS) is 11.6. The molecule has 2 amide bonds. The first-order chi connectivity index (χ1) is 8.09. The smallest absolute Gasteiger partial charge is 0.334 e. The third-order valence-corrected chi connectivity index (χ3v) is 1.90. The Morgan fingerprint density at radius 3 is 2.71 bits per heavy atom. The number of carboxylic acid groups (broad SMARTS) is 1. The van der Waals surface area contributed by atoms with Crippen molar-refractivity contribution in [1.29, 1.82) is 0 Å². The summed E-state index contributed by atoms with van der Waals surface area (Å²) in [4.78, 5) is 25.4. The fourth-order valence-electron chi connectivity index (χ4n) is 1.01. The number of nitrogens with zero attached hydrogens (tertiary/aromatic N) is 1. The number of nitrogens with one attached hydrogen (secondary N) is 2. The van der Waals surface area contributed by atoms with E-state index in [0.29, 0.717) is 5.69 Å². The summed E-state index contributed by atoms with van der Waals surface area (Å²) >= 11 is 0. The van der Waals surface area contributed by atoms with Crippen LogP contribution in [0, 0.1) is 0 Å². The fourth-order valence-corrected chi connectivity index (χ4v) is 1.01. The van der Waals surface area contributed by atoms with Crippen LogP contribution in [0.25, 0.3) is 0 Å². The van der Waals surface area contributed by atoms with Crippen molar-refractivity contribution in [1.82, 2.24) is 15.6 Å². The Hall–Kier alpha value is -2.15. The van der Waals surface area contributed by atoms with Gasteiger partial charge in [-0.2, -0.15) is 0 Å². The number of aliphatic hydroxyl groups is 1. The highest BCUT2D eigenvalue weighted by molar-refractivity contribution is 5.76. The van der Waals surface area contributed by atoms with Crippen molar-refractivity contribution < 1.29 is 19.8 Å². The Morgan fingerprint density at radius 1 is 1.35 bits per heavy atom. The third kappa shape index (κ3) is 4.94. The maximum Gasteiger partial charge on any atom is 0.334 e. The minimum absolute atomic E-state index is 0.232. The molecule has 0 fully saturated rings. The molecular formula is C10H13N3O4. The van der Waals surface area contributed by atoms with Crippen LogP contribution in [0.15, 0.2) is 24.4 Å². The number of aliphatic hydroxyl groups excluding tert-OH is 1. The van der Waals surface area contributed by atoms with Crippen LogP contribution in [-0.4, -0.2) is 39.8 Å². The monoisotopic (exact) mass is 239 g/mol. The minimum Gasteiger partial charge on any atom is -0.479 e. The molecule has 0 aliphatic heterocycles. The molecule has 1 atom stereocenters. The average Bonchev–Trinajstić information content (AvgIpc) is 2.34. The predicted octanol–water partition coefficient (Wildman–Crippen LogP) is -0.674. The van der Waals surface area contributed by atoms with Gasteiger partial charge >= 0.3 is 12.0 Å². The summed E-state index contributed by atoms with van der Waals surface area (Å²) < 4.78 is 0. The maximum atomic E-state index is 11.2. The molecule has 0 saturated heterocycles. The van der Waals surface area contributed by atoms with E-state index in [1.807, 2.05) is 0 Å². The Bertz CT molecular complexity index is 382. The van der Waals surface area contributed by atoms with Crippen LogP contribution < -0.4 is 10.6 Å². The first-order valence-electron chi connectivity index (χ1n) is 4.92. The number of hydrogen-bond acceptors (Lipinski definition) is 4. The van der Waals surface area contributed by atoms with Crippen LogP contribution in [0.1, 0.15) is 5.69 Å². The molecule has 0 spiro atoms. The lowest BCUT2D eigenvalue weighted by Crippen LogP contribution is -2.41. The topological polar surface area (TPSA) is 112 Å². The molecule has 1 aromatic heterocycles. The van der Waals surface area contributed by atoms with Gasteiger partial charge in [0.05, 0.1) is 18.8 Å². The third-order valence-electron chi connectivity index (χ3n) is 1.90. The second-order valence-corrected chi connectivity index (χ2v) is 3.24. The molecule has 1 aromatic rings. The first-order valence-corrected chi connectivity index (χ1v) is 4.92. The van der Waals surface area contributed by atoms with Gasteiger partial charge in [0.1, 0.15) is 0 Å². The first kappa shape index (κ1) is 12.9. The van der Waals surface area contributed by atoms with Crippen LogP contribution in [0.4, 0.5) is 4.79 Å². The molecule has 4 N–H and O–H groups in total. The van der Waals surface area contributed by atoms with Crippen LogP contribution in [-0.2, 0) is 11.3 Å². The van der Waals surface area contributed by atoms with Gasteiger partial charge in [0.2, 0.25) is 0 Å². The number of carboxylic acids is 1. The maximum absolute atomic E-state index is 11.2. The van der Waals surface area contributed by atoms with E-state index in [0.717, 1.165) is 0 Å². The summed E-state index contributed by atoms with van der Waals surface area (Å²) in [6.07, 6.45) is -0.000999. The van der Waals surface area contributed by atoms with Crippen LogP contribution >= 0.6 is 0 Å². The van der Waals surface area contributed by atoms with Gasteiger partial charge in [-0.15, -0.1) is 0 Å². The summed E-state index contributed by atoms with van der Waals surface area (Å²) in [5.41, 5.74) is 0.682. The highest BCUT2D eigenvalue weighted by Gasteiger charge is 2.13. The van der Waals surface area contributed by atoms with Gasteiger partial charge in [0.15, 0.2) is 6.10 Å². The van der Waals surface area contributed by atoms with Crippen molar-refractivity contribution in [2.24, 2.45) is 0 Å². The van der Waals surface area contributed by atoms with Crippen LogP contribution in [0.2, 0.25) is 0 Å². The van der Waals surface area contributed by atoms with Crippen molar-refractivity contribution in [2.75, 3.05) is 6.54 Å². The molecule has 7 heteroatoms. The Kier molecular flexibility index (Phi) is 4.89. The van der Waals surface area contributed by atoms with E-state index >= 15 is 0 Å². The lowest BCUT2D eigenvalue weighted by atomic mass is 10.3. The van der Waals surface area contributed by atoms with Gasteiger partial charge in [-0.1, -0.05) is 6.07 Å². The second-order valence-electron chi connectivity index (χ2n) is 3.24. The molecule has 92 valence electrons. The number of urea groups is 1. The summed E-state index contributed by atoms with van der Waals surface area (Å²) in [6, 6.07) is 4.73. The summed E-state index contributed by atoms with van der Waals surface area (Å²) in [5.74, 6) is -1.38. The molecule has 0 aliphatic carbocycles. The number of pyridine rings is 1. The zero-order valence-corrected chi connectivity index (χ0v) is 8.96. The molecule has 17 heavy (non-hydrogen) atoms. The van der Waals surface area contributed by atoms with E-state index in [1.165, 1.54) is 0 Å². The van der Waals surface area contributed by atoms with Crippen molar-refractivity contribution in [3.8, 4) is 0 Å². The van der Waals surface area contributed by atoms with Gasteiger partial charge in [-0.25, -0.2) is 9.59 Å². The van der Waals surface area contributed by atoms with Crippen LogP contribution in [0.3, 0.4) is 0 Å². The van der Waals surface area contributed by atoms with E-state index in [2.05, 4.69) is 15.6 Å². The Morgan fingerprint density at radius 2 is 2.12 bits per heavy atom. The number of amides is 2. The van der Waals surface area contributed by atoms with E-state index in [-0.39, 0.29) is 13.1 Å². The number of carbonyl (C=O) groups is 2. The number of aromatic nitrogens is 1. The highest BCUT2D eigenvalue weighted by Crippen LogP contribution is 1.91. The zero-order valence-electron chi connectivity index (χ0n) is 8.96. The molecule has 0 saturated carbocycles. The molecule has 1 heterocycles. The largest absolute Gasteiger partial charge is 0.479 e. The number of hydrogen-bond donors (Lipinski definition) is 4.